The van der Waals surface area contributed by atoms with Crippen LogP contribution in [0.5, 0.6) is 5.88 Å². The second kappa shape index (κ2) is 8.50. The lowest BCUT2D eigenvalue weighted by molar-refractivity contribution is -0.118. The van der Waals surface area contributed by atoms with Gasteiger partial charge in [-0.2, -0.15) is 0 Å². The number of amides is 1. The molecule has 1 aromatic heterocycles. The summed E-state index contributed by atoms with van der Waals surface area (Å²) in [5.41, 5.74) is 6.46. The number of nitrogens with one attached hydrogen (secondary N) is 1. The quantitative estimate of drug-likeness (QED) is 0.704. The molecule has 0 spiro atoms. The number of hydrogen-bond acceptors (Lipinski definition) is 5. The van der Waals surface area contributed by atoms with Crippen LogP contribution in [-0.2, 0) is 9.53 Å². The van der Waals surface area contributed by atoms with Crippen LogP contribution in [0.4, 0.5) is 5.69 Å². The highest BCUT2D eigenvalue weighted by molar-refractivity contribution is 5.94. The van der Waals surface area contributed by atoms with E-state index in [1.165, 1.54) is 0 Å². The fourth-order valence-electron chi connectivity index (χ4n) is 1.51. The standard InChI is InChI=1S/C14H23N3O3/c1-4-10(2)13(15)14(18)17-11-5-6-12(16-9-11)20-8-7-19-3/h5-6,9-10,13H,4,7-8,15H2,1-3H3,(H,17,18)/t10-,13-/m0/s1. The van der Waals surface area contributed by atoms with Gasteiger partial charge < -0.3 is 20.5 Å². The van der Waals surface area contributed by atoms with Gasteiger partial charge in [0.15, 0.2) is 0 Å². The summed E-state index contributed by atoms with van der Waals surface area (Å²) in [6, 6.07) is 2.91. The number of nitrogens with zero attached hydrogens (tertiary/aromatic N) is 1. The number of hydrogen-bond donors (Lipinski definition) is 2. The molecule has 1 aromatic rings. The smallest absolute Gasteiger partial charge is 0.241 e. The summed E-state index contributed by atoms with van der Waals surface area (Å²) < 4.78 is 10.2. The number of pyridine rings is 1. The van der Waals surface area contributed by atoms with E-state index in [0.717, 1.165) is 6.42 Å². The summed E-state index contributed by atoms with van der Waals surface area (Å²) in [6.45, 7) is 4.90. The van der Waals surface area contributed by atoms with Crippen molar-refractivity contribution in [3.8, 4) is 5.88 Å². The topological polar surface area (TPSA) is 86.5 Å². The number of anilines is 1. The van der Waals surface area contributed by atoms with Crippen molar-refractivity contribution in [1.29, 1.82) is 0 Å². The summed E-state index contributed by atoms with van der Waals surface area (Å²) in [7, 11) is 1.61. The Morgan fingerprint density at radius 2 is 2.20 bits per heavy atom. The van der Waals surface area contributed by atoms with Gasteiger partial charge in [0.2, 0.25) is 11.8 Å². The Kier molecular flexibility index (Phi) is 6.97. The van der Waals surface area contributed by atoms with Crippen molar-refractivity contribution >= 4 is 11.6 Å². The van der Waals surface area contributed by atoms with Crippen LogP contribution in [0, 0.1) is 5.92 Å². The van der Waals surface area contributed by atoms with Crippen LogP contribution in [0.15, 0.2) is 18.3 Å². The van der Waals surface area contributed by atoms with Gasteiger partial charge in [0.1, 0.15) is 6.61 Å². The molecule has 0 radical (unpaired) electrons. The molecule has 6 heteroatoms. The molecule has 0 saturated carbocycles. The Balaban J connectivity index is 2.50. The first kappa shape index (κ1) is 16.4. The molecule has 0 fully saturated rings. The molecule has 6 nitrogen and oxygen atoms in total. The third-order valence-electron chi connectivity index (χ3n) is 3.10. The maximum absolute atomic E-state index is 11.9. The summed E-state index contributed by atoms with van der Waals surface area (Å²) in [6.07, 6.45) is 2.41. The summed E-state index contributed by atoms with van der Waals surface area (Å²) in [5, 5.41) is 2.74. The normalized spacial score (nSPS) is 13.6. The molecule has 112 valence electrons. The Labute approximate surface area is 119 Å². The van der Waals surface area contributed by atoms with E-state index < -0.39 is 6.04 Å². The molecule has 0 aliphatic carbocycles. The first-order valence-corrected chi connectivity index (χ1v) is 6.72. The lowest BCUT2D eigenvalue weighted by Gasteiger charge is -2.17. The van der Waals surface area contributed by atoms with Gasteiger partial charge in [0, 0.05) is 13.2 Å². The maximum Gasteiger partial charge on any atom is 0.241 e. The molecule has 2 atom stereocenters. The number of carbonyl (C=O) groups is 1. The molecular weight excluding hydrogens is 258 g/mol. The highest BCUT2D eigenvalue weighted by Gasteiger charge is 2.19. The summed E-state index contributed by atoms with van der Waals surface area (Å²) >= 11 is 0. The Morgan fingerprint density at radius 1 is 1.45 bits per heavy atom. The van der Waals surface area contributed by atoms with Crippen molar-refractivity contribution in [1.82, 2.24) is 4.98 Å². The second-order valence-electron chi connectivity index (χ2n) is 4.63. The molecule has 1 amide bonds. The van der Waals surface area contributed by atoms with Crippen molar-refractivity contribution in [3.05, 3.63) is 18.3 Å². The predicted molar refractivity (Wildman–Crippen MR) is 77.7 cm³/mol. The first-order chi connectivity index (χ1) is 9.58. The van der Waals surface area contributed by atoms with Crippen LogP contribution in [0.25, 0.3) is 0 Å². The molecule has 0 aliphatic heterocycles. The fraction of sp³-hybridized carbons (Fsp3) is 0.571. The van der Waals surface area contributed by atoms with Crippen LogP contribution >= 0.6 is 0 Å². The van der Waals surface area contributed by atoms with Gasteiger partial charge in [-0.15, -0.1) is 0 Å². The van der Waals surface area contributed by atoms with Crippen LogP contribution in [0.1, 0.15) is 20.3 Å². The lowest BCUT2D eigenvalue weighted by Crippen LogP contribution is -2.40. The van der Waals surface area contributed by atoms with Gasteiger partial charge in [-0.3, -0.25) is 4.79 Å². The number of ether oxygens (including phenoxy) is 2. The number of aromatic nitrogens is 1. The summed E-state index contributed by atoms with van der Waals surface area (Å²) in [5.74, 6) is 0.431. The van der Waals surface area contributed by atoms with Crippen LogP contribution in [0.2, 0.25) is 0 Å². The number of carbonyl (C=O) groups excluding carboxylic acids is 1. The van der Waals surface area contributed by atoms with Gasteiger partial charge in [-0.25, -0.2) is 4.98 Å². The van der Waals surface area contributed by atoms with Gasteiger partial charge in [-0.1, -0.05) is 20.3 Å². The van der Waals surface area contributed by atoms with Crippen LogP contribution in [-0.4, -0.2) is 37.3 Å². The van der Waals surface area contributed by atoms with Gasteiger partial charge in [-0.05, 0) is 12.0 Å². The van der Waals surface area contributed by atoms with E-state index in [1.807, 2.05) is 13.8 Å². The van der Waals surface area contributed by atoms with Gasteiger partial charge in [0.25, 0.3) is 0 Å². The monoisotopic (exact) mass is 281 g/mol. The predicted octanol–water partition coefficient (Wildman–Crippen LogP) is 1.42. The molecular formula is C14H23N3O3. The Hall–Kier alpha value is -1.66. The Morgan fingerprint density at radius 3 is 2.75 bits per heavy atom. The number of methoxy groups -OCH3 is 1. The van der Waals surface area contributed by atoms with Crippen molar-refractivity contribution in [3.63, 3.8) is 0 Å². The minimum Gasteiger partial charge on any atom is -0.475 e. The summed E-state index contributed by atoms with van der Waals surface area (Å²) in [4.78, 5) is 16.0. The first-order valence-electron chi connectivity index (χ1n) is 6.72. The molecule has 0 aliphatic rings. The molecule has 0 unspecified atom stereocenters. The zero-order valence-electron chi connectivity index (χ0n) is 12.3. The molecule has 20 heavy (non-hydrogen) atoms. The molecule has 1 heterocycles. The number of rotatable bonds is 8. The van der Waals surface area contributed by atoms with E-state index in [-0.39, 0.29) is 11.8 Å². The molecule has 0 bridgehead atoms. The zero-order chi connectivity index (χ0) is 15.0. The average Bonchev–Trinajstić information content (AvgIpc) is 2.47. The van der Waals surface area contributed by atoms with E-state index >= 15 is 0 Å². The lowest BCUT2D eigenvalue weighted by atomic mass is 9.99. The SMILES string of the molecule is CC[C@H](C)[C@H](N)C(=O)Nc1ccc(OCCOC)nc1. The minimum absolute atomic E-state index is 0.139. The third-order valence-corrected chi connectivity index (χ3v) is 3.10. The fourth-order valence-corrected chi connectivity index (χ4v) is 1.51. The van der Waals surface area contributed by atoms with Crippen molar-refractivity contribution < 1.29 is 14.3 Å². The van der Waals surface area contributed by atoms with E-state index in [2.05, 4.69) is 10.3 Å². The molecule has 1 rings (SSSR count). The van der Waals surface area contributed by atoms with Crippen LogP contribution in [0.3, 0.4) is 0 Å². The van der Waals surface area contributed by atoms with Crippen molar-refractivity contribution in [2.45, 2.75) is 26.3 Å². The highest BCUT2D eigenvalue weighted by atomic mass is 16.5. The van der Waals surface area contributed by atoms with E-state index in [9.17, 15) is 4.79 Å². The molecule has 0 aromatic carbocycles. The number of nitrogens with two attached hydrogens (primary N) is 1. The molecule has 0 saturated heterocycles. The third kappa shape index (κ3) is 5.14. The largest absolute Gasteiger partial charge is 0.475 e. The Bertz CT molecular complexity index is 409. The van der Waals surface area contributed by atoms with Gasteiger partial charge in [0.05, 0.1) is 24.5 Å². The van der Waals surface area contributed by atoms with Gasteiger partial charge >= 0.3 is 0 Å². The molecule has 3 N–H and O–H groups in total. The van der Waals surface area contributed by atoms with Crippen molar-refractivity contribution in [2.24, 2.45) is 11.7 Å². The second-order valence-corrected chi connectivity index (χ2v) is 4.63. The van der Waals surface area contributed by atoms with E-state index in [4.69, 9.17) is 15.2 Å². The van der Waals surface area contributed by atoms with E-state index in [1.54, 1.807) is 25.4 Å². The zero-order valence-corrected chi connectivity index (χ0v) is 12.3. The van der Waals surface area contributed by atoms with Crippen molar-refractivity contribution in [2.75, 3.05) is 25.6 Å². The minimum atomic E-state index is -0.516. The highest BCUT2D eigenvalue weighted by Crippen LogP contribution is 2.13. The maximum atomic E-state index is 11.9. The average molecular weight is 281 g/mol. The van der Waals surface area contributed by atoms with E-state index in [0.29, 0.717) is 24.8 Å². The van der Waals surface area contributed by atoms with Crippen LogP contribution < -0.4 is 15.8 Å².